The number of hydrogen-bond donors (Lipinski definition) is 3. The molecule has 3 amide bonds. The van der Waals surface area contributed by atoms with Gasteiger partial charge in [-0.1, -0.05) is 6.07 Å². The van der Waals surface area contributed by atoms with Crippen molar-refractivity contribution < 1.29 is 23.5 Å². The largest absolute Gasteiger partial charge is 0.493 e. The molecular weight excluding hydrogens is 475 g/mol. The lowest BCUT2D eigenvalue weighted by Crippen LogP contribution is -2.20. The first-order chi connectivity index (χ1) is 16.9. The second kappa shape index (κ2) is 10.6. The van der Waals surface area contributed by atoms with Gasteiger partial charge in [-0.15, -0.1) is 11.3 Å². The van der Waals surface area contributed by atoms with Crippen LogP contribution >= 0.6 is 11.3 Å². The van der Waals surface area contributed by atoms with Crippen LogP contribution in [0.5, 0.6) is 17.2 Å². The van der Waals surface area contributed by atoms with Gasteiger partial charge in [-0.05, 0) is 37.3 Å². The first kappa shape index (κ1) is 23.6. The predicted molar refractivity (Wildman–Crippen MR) is 129 cm³/mol. The maximum absolute atomic E-state index is 14.5. The number of aromatic nitrogens is 3. The standard InChI is InChI=1S/C23H19FN6O4S/c1-13-11-27-17(12-26-13)21(31)28-14-6-7-18(34-20-15(24)4-3-5-19(20)33-2)16(10-14)29-22(32)30-23-25-8-9-35-23/h3-12H,1-2H3,(H,28,31)(H2,25,29,30,32). The lowest BCUT2D eigenvalue weighted by molar-refractivity contribution is 0.102. The number of rotatable bonds is 7. The summed E-state index contributed by atoms with van der Waals surface area (Å²) in [4.78, 5) is 37.2. The van der Waals surface area contributed by atoms with Crippen molar-refractivity contribution in [2.75, 3.05) is 23.1 Å². The van der Waals surface area contributed by atoms with Crippen LogP contribution in [0.3, 0.4) is 0 Å². The van der Waals surface area contributed by atoms with Crippen LogP contribution < -0.4 is 25.4 Å². The first-order valence-electron chi connectivity index (χ1n) is 10.1. The Balaban J connectivity index is 1.62. The van der Waals surface area contributed by atoms with Crippen molar-refractivity contribution in [3.63, 3.8) is 0 Å². The molecule has 35 heavy (non-hydrogen) atoms. The van der Waals surface area contributed by atoms with Crippen molar-refractivity contribution in [3.05, 3.63) is 77.6 Å². The molecule has 0 bridgehead atoms. The maximum Gasteiger partial charge on any atom is 0.325 e. The molecule has 0 radical (unpaired) electrons. The van der Waals surface area contributed by atoms with Crippen molar-refractivity contribution in [3.8, 4) is 17.2 Å². The van der Waals surface area contributed by atoms with Crippen molar-refractivity contribution in [2.45, 2.75) is 6.92 Å². The van der Waals surface area contributed by atoms with E-state index in [1.54, 1.807) is 18.5 Å². The molecule has 0 atom stereocenters. The van der Waals surface area contributed by atoms with Gasteiger partial charge in [-0.2, -0.15) is 0 Å². The lowest BCUT2D eigenvalue weighted by Gasteiger charge is -2.16. The first-order valence-corrected chi connectivity index (χ1v) is 11.0. The fraction of sp³-hybridized carbons (Fsp3) is 0.0870. The van der Waals surface area contributed by atoms with Crippen LogP contribution in [0.25, 0.3) is 0 Å². The third kappa shape index (κ3) is 5.86. The average Bonchev–Trinajstić information content (AvgIpc) is 3.35. The molecule has 0 fully saturated rings. The number of amides is 3. The van der Waals surface area contributed by atoms with Gasteiger partial charge in [0, 0.05) is 23.5 Å². The molecule has 0 aliphatic carbocycles. The summed E-state index contributed by atoms with van der Waals surface area (Å²) in [5.41, 5.74) is 1.26. The number of nitrogens with one attached hydrogen (secondary N) is 3. The van der Waals surface area contributed by atoms with E-state index < -0.39 is 17.8 Å². The zero-order chi connectivity index (χ0) is 24.8. The summed E-state index contributed by atoms with van der Waals surface area (Å²) in [6, 6.07) is 8.10. The number of ether oxygens (including phenoxy) is 2. The molecule has 4 aromatic rings. The monoisotopic (exact) mass is 494 g/mol. The minimum atomic E-state index is -0.655. The Morgan fingerprint density at radius 2 is 1.86 bits per heavy atom. The quantitative estimate of drug-likeness (QED) is 0.327. The molecule has 2 aromatic carbocycles. The summed E-state index contributed by atoms with van der Waals surface area (Å²) in [6.07, 6.45) is 4.38. The topological polar surface area (TPSA) is 127 Å². The van der Waals surface area contributed by atoms with Gasteiger partial charge in [0.2, 0.25) is 5.75 Å². The minimum Gasteiger partial charge on any atom is -0.493 e. The third-order valence-corrected chi connectivity index (χ3v) is 5.20. The number of halogens is 1. The van der Waals surface area contributed by atoms with E-state index in [0.29, 0.717) is 16.5 Å². The van der Waals surface area contributed by atoms with Gasteiger partial charge in [0.1, 0.15) is 5.69 Å². The number of nitrogens with zero attached hydrogens (tertiary/aromatic N) is 3. The van der Waals surface area contributed by atoms with E-state index in [-0.39, 0.29) is 28.6 Å². The highest BCUT2D eigenvalue weighted by Crippen LogP contribution is 2.38. The van der Waals surface area contributed by atoms with Crippen molar-refractivity contribution in [2.24, 2.45) is 0 Å². The van der Waals surface area contributed by atoms with Gasteiger partial charge in [0.25, 0.3) is 5.91 Å². The van der Waals surface area contributed by atoms with Gasteiger partial charge in [-0.3, -0.25) is 15.1 Å². The maximum atomic E-state index is 14.5. The van der Waals surface area contributed by atoms with E-state index in [4.69, 9.17) is 9.47 Å². The minimum absolute atomic E-state index is 0.107. The van der Waals surface area contributed by atoms with E-state index in [9.17, 15) is 14.0 Å². The number of urea groups is 1. The zero-order valence-electron chi connectivity index (χ0n) is 18.5. The summed E-state index contributed by atoms with van der Waals surface area (Å²) in [6.45, 7) is 1.76. The number of carbonyl (C=O) groups is 2. The Bertz CT molecular complexity index is 1350. The summed E-state index contributed by atoms with van der Waals surface area (Å²) in [5, 5.41) is 9.99. The van der Waals surface area contributed by atoms with Crippen LogP contribution in [0, 0.1) is 12.7 Å². The average molecular weight is 495 g/mol. The molecule has 2 heterocycles. The molecule has 0 spiro atoms. The third-order valence-electron chi connectivity index (χ3n) is 4.51. The molecule has 0 aliphatic rings. The molecule has 0 unspecified atom stereocenters. The Labute approximate surface area is 203 Å². The molecule has 10 nitrogen and oxygen atoms in total. The van der Waals surface area contributed by atoms with Crippen LogP contribution in [-0.4, -0.2) is 34.0 Å². The number of anilines is 3. The number of thiazole rings is 1. The van der Waals surface area contributed by atoms with Gasteiger partial charge in [-0.25, -0.2) is 19.2 Å². The summed E-state index contributed by atoms with van der Waals surface area (Å²) in [7, 11) is 1.38. The Morgan fingerprint density at radius 1 is 1.00 bits per heavy atom. The van der Waals surface area contributed by atoms with Crippen molar-refractivity contribution >= 4 is 39.8 Å². The molecule has 178 valence electrons. The van der Waals surface area contributed by atoms with Crippen LogP contribution in [0.4, 0.5) is 25.7 Å². The highest BCUT2D eigenvalue weighted by molar-refractivity contribution is 7.13. The number of hydrogen-bond acceptors (Lipinski definition) is 8. The summed E-state index contributed by atoms with van der Waals surface area (Å²) in [5.74, 6) is -1.04. The van der Waals surface area contributed by atoms with Crippen LogP contribution in [0.2, 0.25) is 0 Å². The second-order valence-corrected chi connectivity index (χ2v) is 7.89. The molecule has 2 aromatic heterocycles. The van der Waals surface area contributed by atoms with Crippen LogP contribution in [0.15, 0.2) is 60.4 Å². The molecular formula is C23H19FN6O4S. The SMILES string of the molecule is COc1cccc(F)c1Oc1ccc(NC(=O)c2cnc(C)cn2)cc1NC(=O)Nc1nccs1. The predicted octanol–water partition coefficient (Wildman–Crippen LogP) is 5.08. The van der Waals surface area contributed by atoms with E-state index in [1.807, 2.05) is 0 Å². The van der Waals surface area contributed by atoms with E-state index in [1.165, 1.54) is 67.2 Å². The zero-order valence-corrected chi connectivity index (χ0v) is 19.4. The van der Waals surface area contributed by atoms with Gasteiger partial charge >= 0.3 is 6.03 Å². The fourth-order valence-corrected chi connectivity index (χ4v) is 3.42. The van der Waals surface area contributed by atoms with Gasteiger partial charge in [0.05, 0.1) is 24.7 Å². The van der Waals surface area contributed by atoms with E-state index >= 15 is 0 Å². The second-order valence-electron chi connectivity index (χ2n) is 7.00. The molecule has 0 saturated carbocycles. The fourth-order valence-electron chi connectivity index (χ4n) is 2.89. The van der Waals surface area contributed by atoms with Crippen molar-refractivity contribution in [1.29, 1.82) is 0 Å². The highest BCUT2D eigenvalue weighted by Gasteiger charge is 2.17. The Hall–Kier alpha value is -4.58. The molecule has 3 N–H and O–H groups in total. The molecule has 4 rings (SSSR count). The lowest BCUT2D eigenvalue weighted by atomic mass is 10.2. The Morgan fingerprint density at radius 3 is 2.57 bits per heavy atom. The van der Waals surface area contributed by atoms with Gasteiger partial charge in [0.15, 0.2) is 22.4 Å². The summed E-state index contributed by atoms with van der Waals surface area (Å²) >= 11 is 1.24. The normalized spacial score (nSPS) is 10.4. The smallest absolute Gasteiger partial charge is 0.325 e. The van der Waals surface area contributed by atoms with Gasteiger partial charge < -0.3 is 20.1 Å². The molecule has 12 heteroatoms. The van der Waals surface area contributed by atoms with Crippen LogP contribution in [0.1, 0.15) is 16.2 Å². The number of para-hydroxylation sites is 1. The number of aryl methyl sites for hydroxylation is 1. The molecule has 0 aliphatic heterocycles. The van der Waals surface area contributed by atoms with E-state index in [0.717, 1.165) is 0 Å². The van der Waals surface area contributed by atoms with Crippen LogP contribution in [-0.2, 0) is 0 Å². The highest BCUT2D eigenvalue weighted by atomic mass is 32.1. The number of carbonyl (C=O) groups excluding carboxylic acids is 2. The number of benzene rings is 2. The number of methoxy groups -OCH3 is 1. The molecule has 0 saturated heterocycles. The van der Waals surface area contributed by atoms with Crippen molar-refractivity contribution in [1.82, 2.24) is 15.0 Å². The van der Waals surface area contributed by atoms with E-state index in [2.05, 4.69) is 30.9 Å². The Kier molecular flexibility index (Phi) is 7.12. The summed E-state index contributed by atoms with van der Waals surface area (Å²) < 4.78 is 25.4.